The Labute approximate surface area is 89.9 Å². The van der Waals surface area contributed by atoms with Crippen LogP contribution in [0, 0.1) is 0 Å². The molecule has 0 spiro atoms. The lowest BCUT2D eigenvalue weighted by molar-refractivity contribution is -0.121. The monoisotopic (exact) mass is 235 g/mol. The molecule has 0 bridgehead atoms. The molecule has 2 atom stereocenters. The highest BCUT2D eigenvalue weighted by Crippen LogP contribution is 2.08. The summed E-state index contributed by atoms with van der Waals surface area (Å²) < 4.78 is 25.8. The molecular weight excluding hydrogens is 218 g/mol. The van der Waals surface area contributed by atoms with Crippen molar-refractivity contribution in [1.82, 2.24) is 15.4 Å². The standard InChI is InChI=1S/C8H17N3O3S/c1-6(8(12)9-2)11-15(13,14)7-3-4-10-5-7/h6-7,10-11H,3-5H2,1-2H3,(H,9,12). The third kappa shape index (κ3) is 3.15. The predicted molar refractivity (Wildman–Crippen MR) is 56.9 cm³/mol. The zero-order valence-corrected chi connectivity index (χ0v) is 9.73. The molecule has 0 aliphatic carbocycles. The van der Waals surface area contributed by atoms with E-state index in [0.717, 1.165) is 0 Å². The molecule has 0 aromatic heterocycles. The summed E-state index contributed by atoms with van der Waals surface area (Å²) in [5.41, 5.74) is 0. The van der Waals surface area contributed by atoms with Gasteiger partial charge in [0.15, 0.2) is 0 Å². The van der Waals surface area contributed by atoms with Gasteiger partial charge < -0.3 is 10.6 Å². The molecule has 6 nitrogen and oxygen atoms in total. The Morgan fingerprint density at radius 2 is 2.20 bits per heavy atom. The largest absolute Gasteiger partial charge is 0.358 e. The van der Waals surface area contributed by atoms with E-state index in [1.165, 1.54) is 14.0 Å². The first-order valence-corrected chi connectivity index (χ1v) is 6.45. The Kier molecular flexibility index (Phi) is 4.06. The molecule has 1 rings (SSSR count). The maximum absolute atomic E-state index is 11.7. The minimum atomic E-state index is -3.39. The van der Waals surface area contributed by atoms with E-state index in [1.807, 2.05) is 0 Å². The van der Waals surface area contributed by atoms with Crippen molar-refractivity contribution in [2.75, 3.05) is 20.1 Å². The number of carbonyl (C=O) groups is 1. The van der Waals surface area contributed by atoms with Gasteiger partial charge in [-0.15, -0.1) is 0 Å². The van der Waals surface area contributed by atoms with Gasteiger partial charge in [0.25, 0.3) is 0 Å². The topological polar surface area (TPSA) is 87.3 Å². The second-order valence-electron chi connectivity index (χ2n) is 3.61. The normalized spacial score (nSPS) is 23.7. The number of rotatable bonds is 4. The van der Waals surface area contributed by atoms with Gasteiger partial charge in [-0.3, -0.25) is 4.79 Å². The van der Waals surface area contributed by atoms with Crippen molar-refractivity contribution in [2.24, 2.45) is 0 Å². The summed E-state index contributed by atoms with van der Waals surface area (Å²) >= 11 is 0. The highest BCUT2D eigenvalue weighted by molar-refractivity contribution is 7.90. The molecule has 88 valence electrons. The van der Waals surface area contributed by atoms with Gasteiger partial charge in [0.1, 0.15) is 0 Å². The summed E-state index contributed by atoms with van der Waals surface area (Å²) in [6.45, 7) is 2.69. The fourth-order valence-electron chi connectivity index (χ4n) is 1.51. The molecule has 2 unspecified atom stereocenters. The lowest BCUT2D eigenvalue weighted by atomic mass is 10.3. The quantitative estimate of drug-likeness (QED) is 0.548. The SMILES string of the molecule is CNC(=O)C(C)NS(=O)(=O)C1CCNC1. The van der Waals surface area contributed by atoms with Gasteiger partial charge in [-0.05, 0) is 19.9 Å². The molecule has 15 heavy (non-hydrogen) atoms. The summed E-state index contributed by atoms with van der Waals surface area (Å²) in [6, 6.07) is -0.722. The van der Waals surface area contributed by atoms with Crippen LogP contribution in [0.2, 0.25) is 0 Å². The number of hydrogen-bond acceptors (Lipinski definition) is 4. The minimum absolute atomic E-state index is 0.329. The van der Waals surface area contributed by atoms with Crippen molar-refractivity contribution >= 4 is 15.9 Å². The van der Waals surface area contributed by atoms with Crippen LogP contribution in [0.5, 0.6) is 0 Å². The molecule has 1 aliphatic rings. The van der Waals surface area contributed by atoms with E-state index in [1.54, 1.807) is 0 Å². The van der Waals surface area contributed by atoms with E-state index in [9.17, 15) is 13.2 Å². The van der Waals surface area contributed by atoms with Gasteiger partial charge in [-0.2, -0.15) is 0 Å². The van der Waals surface area contributed by atoms with E-state index in [0.29, 0.717) is 19.5 Å². The molecule has 1 heterocycles. The molecule has 1 amide bonds. The first-order chi connectivity index (χ1) is 6.97. The van der Waals surface area contributed by atoms with E-state index in [-0.39, 0.29) is 5.91 Å². The van der Waals surface area contributed by atoms with Gasteiger partial charge in [-0.1, -0.05) is 0 Å². The second kappa shape index (κ2) is 4.91. The van der Waals surface area contributed by atoms with Crippen LogP contribution in [0.1, 0.15) is 13.3 Å². The summed E-state index contributed by atoms with van der Waals surface area (Å²) in [5.74, 6) is -0.329. The molecule has 7 heteroatoms. The Hall–Kier alpha value is -0.660. The van der Waals surface area contributed by atoms with Crippen LogP contribution in [0.4, 0.5) is 0 Å². The number of hydrogen-bond donors (Lipinski definition) is 3. The maximum atomic E-state index is 11.7. The van der Waals surface area contributed by atoms with Crippen molar-refractivity contribution in [3.63, 3.8) is 0 Å². The van der Waals surface area contributed by atoms with E-state index in [4.69, 9.17) is 0 Å². The predicted octanol–water partition coefficient (Wildman–Crippen LogP) is -1.60. The number of amides is 1. The smallest absolute Gasteiger partial charge is 0.237 e. The van der Waals surface area contributed by atoms with E-state index < -0.39 is 21.3 Å². The Balaban J connectivity index is 2.59. The van der Waals surface area contributed by atoms with Crippen LogP contribution in [-0.2, 0) is 14.8 Å². The van der Waals surface area contributed by atoms with Crippen LogP contribution in [0.15, 0.2) is 0 Å². The average Bonchev–Trinajstić information content (AvgIpc) is 2.69. The first-order valence-electron chi connectivity index (χ1n) is 4.91. The fourth-order valence-corrected chi connectivity index (χ4v) is 3.06. The second-order valence-corrected chi connectivity index (χ2v) is 5.61. The van der Waals surface area contributed by atoms with Crippen molar-refractivity contribution in [3.8, 4) is 0 Å². The summed E-state index contributed by atoms with van der Waals surface area (Å²) in [7, 11) is -1.91. The van der Waals surface area contributed by atoms with Gasteiger partial charge in [0.2, 0.25) is 15.9 Å². The average molecular weight is 235 g/mol. The van der Waals surface area contributed by atoms with E-state index >= 15 is 0 Å². The lowest BCUT2D eigenvalue weighted by Gasteiger charge is -2.16. The summed E-state index contributed by atoms with van der Waals surface area (Å²) in [4.78, 5) is 11.2. The zero-order valence-electron chi connectivity index (χ0n) is 8.91. The van der Waals surface area contributed by atoms with Crippen molar-refractivity contribution in [2.45, 2.75) is 24.6 Å². The molecule has 0 radical (unpaired) electrons. The summed E-state index contributed by atoms with van der Waals surface area (Å²) in [5, 5.41) is 4.95. The molecule has 0 aromatic carbocycles. The molecular formula is C8H17N3O3S. The van der Waals surface area contributed by atoms with Crippen LogP contribution < -0.4 is 15.4 Å². The highest BCUT2D eigenvalue weighted by Gasteiger charge is 2.30. The third-order valence-corrected chi connectivity index (χ3v) is 4.40. The van der Waals surface area contributed by atoms with Gasteiger partial charge in [-0.25, -0.2) is 13.1 Å². The van der Waals surface area contributed by atoms with Crippen LogP contribution in [-0.4, -0.2) is 45.8 Å². The Morgan fingerprint density at radius 1 is 1.53 bits per heavy atom. The lowest BCUT2D eigenvalue weighted by Crippen LogP contribution is -2.47. The highest BCUT2D eigenvalue weighted by atomic mass is 32.2. The molecule has 0 saturated carbocycles. The maximum Gasteiger partial charge on any atom is 0.237 e. The molecule has 0 aromatic rings. The third-order valence-electron chi connectivity index (χ3n) is 2.43. The van der Waals surface area contributed by atoms with Crippen molar-refractivity contribution in [1.29, 1.82) is 0 Å². The van der Waals surface area contributed by atoms with Gasteiger partial charge >= 0.3 is 0 Å². The van der Waals surface area contributed by atoms with Crippen LogP contribution in [0.25, 0.3) is 0 Å². The Bertz CT molecular complexity index is 322. The Morgan fingerprint density at radius 3 is 2.67 bits per heavy atom. The molecule has 1 aliphatic heterocycles. The number of carbonyl (C=O) groups excluding carboxylic acids is 1. The molecule has 3 N–H and O–H groups in total. The fraction of sp³-hybridized carbons (Fsp3) is 0.875. The van der Waals surface area contributed by atoms with Crippen molar-refractivity contribution in [3.05, 3.63) is 0 Å². The van der Waals surface area contributed by atoms with Gasteiger partial charge in [0.05, 0.1) is 11.3 Å². The van der Waals surface area contributed by atoms with Crippen LogP contribution in [0.3, 0.4) is 0 Å². The number of sulfonamides is 1. The number of nitrogens with one attached hydrogen (secondary N) is 3. The minimum Gasteiger partial charge on any atom is -0.358 e. The zero-order chi connectivity index (χ0) is 11.5. The van der Waals surface area contributed by atoms with Crippen LogP contribution >= 0.6 is 0 Å². The first kappa shape index (κ1) is 12.4. The molecule has 1 fully saturated rings. The van der Waals surface area contributed by atoms with Gasteiger partial charge in [0, 0.05) is 13.6 Å². The summed E-state index contributed by atoms with van der Waals surface area (Å²) in [6.07, 6.45) is 0.593. The molecule has 1 saturated heterocycles. The number of likely N-dealkylation sites (N-methyl/N-ethyl adjacent to an activating group) is 1. The van der Waals surface area contributed by atoms with Crippen molar-refractivity contribution < 1.29 is 13.2 Å². The van der Waals surface area contributed by atoms with E-state index in [2.05, 4.69) is 15.4 Å².